The second-order valence-electron chi connectivity index (χ2n) is 5.87. The number of nitrogens with zero attached hydrogens (tertiary/aromatic N) is 3. The van der Waals surface area contributed by atoms with Gasteiger partial charge in [0.2, 0.25) is 0 Å². The van der Waals surface area contributed by atoms with Crippen molar-refractivity contribution in [1.29, 1.82) is 0 Å². The van der Waals surface area contributed by atoms with Gasteiger partial charge in [-0.15, -0.1) is 0 Å². The summed E-state index contributed by atoms with van der Waals surface area (Å²) in [6, 6.07) is 18.4. The average Bonchev–Trinajstić information content (AvgIpc) is 2.59. The first-order valence-electron chi connectivity index (χ1n) is 8.04. The zero-order valence-corrected chi connectivity index (χ0v) is 14.2. The number of hydrogen-bond acceptors (Lipinski definition) is 3. The van der Waals surface area contributed by atoms with Gasteiger partial charge in [0.05, 0.1) is 5.71 Å². The van der Waals surface area contributed by atoms with Gasteiger partial charge in [-0.25, -0.2) is 0 Å². The highest BCUT2D eigenvalue weighted by Crippen LogP contribution is 2.18. The third-order valence-electron chi connectivity index (χ3n) is 4.18. The molecule has 0 saturated carbocycles. The van der Waals surface area contributed by atoms with Gasteiger partial charge in [-0.1, -0.05) is 60.1 Å². The van der Waals surface area contributed by atoms with E-state index in [4.69, 9.17) is 16.7 Å². The van der Waals surface area contributed by atoms with Crippen molar-refractivity contribution in [1.82, 2.24) is 9.91 Å². The van der Waals surface area contributed by atoms with Gasteiger partial charge in [0, 0.05) is 37.7 Å². The van der Waals surface area contributed by atoms with Crippen molar-refractivity contribution in [2.45, 2.75) is 13.5 Å². The van der Waals surface area contributed by atoms with E-state index in [0.717, 1.165) is 43.5 Å². The molecular weight excluding hydrogens is 306 g/mol. The summed E-state index contributed by atoms with van der Waals surface area (Å²) in [6.45, 7) is 6.91. The van der Waals surface area contributed by atoms with Crippen LogP contribution < -0.4 is 0 Å². The maximum atomic E-state index is 6.25. The summed E-state index contributed by atoms with van der Waals surface area (Å²) in [4.78, 5) is 2.44. The monoisotopic (exact) mass is 327 g/mol. The molecule has 0 radical (unpaired) electrons. The molecule has 0 amide bonds. The van der Waals surface area contributed by atoms with Crippen LogP contribution in [-0.4, -0.2) is 41.8 Å². The largest absolute Gasteiger partial charge is 0.295 e. The Bertz CT molecular complexity index is 661. The van der Waals surface area contributed by atoms with E-state index >= 15 is 0 Å². The highest BCUT2D eigenvalue weighted by atomic mass is 35.5. The van der Waals surface area contributed by atoms with Gasteiger partial charge < -0.3 is 0 Å². The molecule has 23 heavy (non-hydrogen) atoms. The van der Waals surface area contributed by atoms with Crippen LogP contribution in [0, 0.1) is 0 Å². The zero-order chi connectivity index (χ0) is 16.1. The van der Waals surface area contributed by atoms with E-state index in [0.29, 0.717) is 0 Å². The van der Waals surface area contributed by atoms with Crippen LogP contribution in [0.25, 0.3) is 0 Å². The van der Waals surface area contributed by atoms with Gasteiger partial charge in [0.25, 0.3) is 0 Å². The molecule has 0 spiro atoms. The lowest BCUT2D eigenvalue weighted by Crippen LogP contribution is -2.43. The van der Waals surface area contributed by atoms with Crippen molar-refractivity contribution in [3.8, 4) is 0 Å². The molecule has 1 fully saturated rings. The van der Waals surface area contributed by atoms with Gasteiger partial charge in [-0.2, -0.15) is 5.10 Å². The van der Waals surface area contributed by atoms with Crippen LogP contribution in [0.4, 0.5) is 0 Å². The van der Waals surface area contributed by atoms with Crippen LogP contribution in [0.1, 0.15) is 18.1 Å². The molecule has 120 valence electrons. The first kappa shape index (κ1) is 16.0. The highest BCUT2D eigenvalue weighted by Gasteiger charge is 2.16. The maximum absolute atomic E-state index is 6.25. The van der Waals surface area contributed by atoms with Crippen molar-refractivity contribution < 1.29 is 0 Å². The van der Waals surface area contributed by atoms with E-state index in [-0.39, 0.29) is 0 Å². The van der Waals surface area contributed by atoms with Crippen molar-refractivity contribution in [2.24, 2.45) is 5.10 Å². The Kier molecular flexibility index (Phi) is 5.31. The number of hydrazone groups is 1. The summed E-state index contributed by atoms with van der Waals surface area (Å²) in [6.07, 6.45) is 0. The van der Waals surface area contributed by atoms with E-state index in [9.17, 15) is 0 Å². The first-order chi connectivity index (χ1) is 11.2. The third-order valence-corrected chi connectivity index (χ3v) is 4.55. The molecule has 0 bridgehead atoms. The molecule has 1 aliphatic heterocycles. The predicted molar refractivity (Wildman–Crippen MR) is 97.0 cm³/mol. The summed E-state index contributed by atoms with van der Waals surface area (Å²) in [5.41, 5.74) is 3.46. The van der Waals surface area contributed by atoms with Crippen LogP contribution in [0.2, 0.25) is 5.02 Å². The SMILES string of the molecule is CC(=NN1CCN(Cc2ccccc2Cl)CC1)c1ccccc1. The van der Waals surface area contributed by atoms with Crippen LogP contribution >= 0.6 is 11.6 Å². The normalized spacial score (nSPS) is 16.6. The quantitative estimate of drug-likeness (QED) is 0.794. The van der Waals surface area contributed by atoms with Crippen molar-refractivity contribution in [3.05, 3.63) is 70.7 Å². The van der Waals surface area contributed by atoms with Crippen molar-refractivity contribution in [2.75, 3.05) is 26.2 Å². The number of hydrogen-bond donors (Lipinski definition) is 0. The Balaban J connectivity index is 1.55. The lowest BCUT2D eigenvalue weighted by molar-refractivity contribution is 0.130. The summed E-state index contributed by atoms with van der Waals surface area (Å²) < 4.78 is 0. The van der Waals surface area contributed by atoms with Gasteiger partial charge in [0.1, 0.15) is 0 Å². The molecule has 1 saturated heterocycles. The average molecular weight is 328 g/mol. The number of benzene rings is 2. The summed E-state index contributed by atoms with van der Waals surface area (Å²) >= 11 is 6.25. The third kappa shape index (κ3) is 4.34. The molecule has 0 aliphatic carbocycles. The zero-order valence-electron chi connectivity index (χ0n) is 13.5. The molecule has 3 nitrogen and oxygen atoms in total. The molecule has 2 aromatic rings. The molecule has 0 unspecified atom stereocenters. The highest BCUT2D eigenvalue weighted by molar-refractivity contribution is 6.31. The van der Waals surface area contributed by atoms with E-state index < -0.39 is 0 Å². The lowest BCUT2D eigenvalue weighted by atomic mass is 10.1. The lowest BCUT2D eigenvalue weighted by Gasteiger charge is -2.33. The van der Waals surface area contributed by atoms with Crippen molar-refractivity contribution >= 4 is 17.3 Å². The smallest absolute Gasteiger partial charge is 0.0646 e. The fourth-order valence-electron chi connectivity index (χ4n) is 2.81. The molecule has 1 aliphatic rings. The van der Waals surface area contributed by atoms with Crippen LogP contribution in [0.3, 0.4) is 0 Å². The van der Waals surface area contributed by atoms with E-state index in [1.54, 1.807) is 0 Å². The minimum Gasteiger partial charge on any atom is -0.295 e. The summed E-state index contributed by atoms with van der Waals surface area (Å²) in [5, 5.41) is 7.79. The Morgan fingerprint density at radius 1 is 0.957 bits per heavy atom. The fraction of sp³-hybridized carbons (Fsp3) is 0.316. The number of piperazine rings is 1. The summed E-state index contributed by atoms with van der Waals surface area (Å²) in [7, 11) is 0. The van der Waals surface area contributed by atoms with Gasteiger partial charge in [-0.05, 0) is 24.1 Å². The van der Waals surface area contributed by atoms with E-state index in [1.165, 1.54) is 11.1 Å². The molecular formula is C19H22ClN3. The predicted octanol–water partition coefficient (Wildman–Crippen LogP) is 3.88. The molecule has 4 heteroatoms. The maximum Gasteiger partial charge on any atom is 0.0646 e. The topological polar surface area (TPSA) is 18.8 Å². The Labute approximate surface area is 143 Å². The van der Waals surface area contributed by atoms with Crippen molar-refractivity contribution in [3.63, 3.8) is 0 Å². The molecule has 2 aromatic carbocycles. The minimum absolute atomic E-state index is 0.855. The molecule has 0 aromatic heterocycles. The molecule has 1 heterocycles. The fourth-order valence-corrected chi connectivity index (χ4v) is 3.01. The van der Waals surface area contributed by atoms with E-state index in [2.05, 4.69) is 47.2 Å². The van der Waals surface area contributed by atoms with Gasteiger partial charge in [0.15, 0.2) is 0 Å². The molecule has 0 atom stereocenters. The Hall–Kier alpha value is -1.84. The van der Waals surface area contributed by atoms with Crippen LogP contribution in [0.5, 0.6) is 0 Å². The first-order valence-corrected chi connectivity index (χ1v) is 8.41. The number of halogens is 1. The van der Waals surface area contributed by atoms with E-state index in [1.807, 2.05) is 24.3 Å². The Morgan fingerprint density at radius 2 is 1.61 bits per heavy atom. The number of rotatable bonds is 4. The van der Waals surface area contributed by atoms with Gasteiger partial charge in [-0.3, -0.25) is 9.91 Å². The molecule has 3 rings (SSSR count). The molecule has 0 N–H and O–H groups in total. The summed E-state index contributed by atoms with van der Waals surface area (Å²) in [5.74, 6) is 0. The Morgan fingerprint density at radius 3 is 2.30 bits per heavy atom. The van der Waals surface area contributed by atoms with Crippen LogP contribution in [0.15, 0.2) is 59.7 Å². The van der Waals surface area contributed by atoms with Crippen LogP contribution in [-0.2, 0) is 6.54 Å². The minimum atomic E-state index is 0.855. The van der Waals surface area contributed by atoms with Gasteiger partial charge >= 0.3 is 0 Å². The second-order valence-corrected chi connectivity index (χ2v) is 6.28. The standard InChI is InChI=1S/C19H22ClN3/c1-16(17-7-3-2-4-8-17)21-23-13-11-22(12-14-23)15-18-9-5-6-10-19(18)20/h2-10H,11-15H2,1H3. The second kappa shape index (κ2) is 7.62.